The monoisotopic (exact) mass is 327 g/mol. The Kier molecular flexibility index (Phi) is 5.24. The maximum absolute atomic E-state index is 12.0. The van der Waals surface area contributed by atoms with E-state index < -0.39 is 11.7 Å². The Balaban J connectivity index is 1.92. The Hall–Kier alpha value is -1.40. The van der Waals surface area contributed by atoms with Crippen LogP contribution in [0.2, 0.25) is 5.15 Å². The van der Waals surface area contributed by atoms with Crippen molar-refractivity contribution < 1.29 is 14.6 Å². The van der Waals surface area contributed by atoms with Crippen molar-refractivity contribution in [3.63, 3.8) is 0 Å². The zero-order valence-corrected chi connectivity index (χ0v) is 13.9. The number of ether oxygens (including phenoxy) is 1. The van der Waals surface area contributed by atoms with Crippen LogP contribution in [0.4, 0.5) is 4.79 Å². The van der Waals surface area contributed by atoms with Gasteiger partial charge in [0.2, 0.25) is 0 Å². The minimum atomic E-state index is -0.713. The molecule has 1 unspecified atom stereocenters. The van der Waals surface area contributed by atoms with Gasteiger partial charge in [0, 0.05) is 24.8 Å². The molecule has 7 heteroatoms. The van der Waals surface area contributed by atoms with Crippen molar-refractivity contribution in [2.75, 3.05) is 13.1 Å². The lowest BCUT2D eigenvalue weighted by atomic mass is 9.88. The number of piperidine rings is 1. The van der Waals surface area contributed by atoms with Gasteiger partial charge in [-0.25, -0.2) is 14.8 Å². The number of aliphatic hydroxyl groups excluding tert-OH is 1. The molecule has 1 atom stereocenters. The molecule has 0 aromatic carbocycles. The van der Waals surface area contributed by atoms with E-state index in [4.69, 9.17) is 16.3 Å². The standard InChI is InChI=1S/C15H22ClN3O3/c1-15(2,3)22-14(21)19-6-4-10(5-7-19)12(20)11-8-17-9-18-13(11)16/h8-10,12,20H,4-7H2,1-3H3. The van der Waals surface area contributed by atoms with Crippen LogP contribution in [0.25, 0.3) is 0 Å². The molecule has 1 aromatic rings. The predicted molar refractivity (Wildman–Crippen MR) is 82.5 cm³/mol. The zero-order valence-electron chi connectivity index (χ0n) is 13.1. The first-order chi connectivity index (χ1) is 10.3. The van der Waals surface area contributed by atoms with Gasteiger partial charge in [-0.1, -0.05) is 11.6 Å². The molecular formula is C15H22ClN3O3. The first kappa shape index (κ1) is 17.0. The van der Waals surface area contributed by atoms with Crippen LogP contribution in [0.1, 0.15) is 45.3 Å². The van der Waals surface area contributed by atoms with Crippen LogP contribution < -0.4 is 0 Å². The minimum absolute atomic E-state index is 0.0298. The molecule has 1 aromatic heterocycles. The lowest BCUT2D eigenvalue weighted by Crippen LogP contribution is -2.42. The van der Waals surface area contributed by atoms with Crippen molar-refractivity contribution in [3.05, 3.63) is 23.2 Å². The van der Waals surface area contributed by atoms with Gasteiger partial charge < -0.3 is 14.7 Å². The Morgan fingerprint density at radius 2 is 2.09 bits per heavy atom. The normalized spacial score (nSPS) is 18.1. The van der Waals surface area contributed by atoms with E-state index in [9.17, 15) is 9.90 Å². The van der Waals surface area contributed by atoms with Crippen molar-refractivity contribution in [2.45, 2.75) is 45.3 Å². The number of aromatic nitrogens is 2. The van der Waals surface area contributed by atoms with E-state index in [1.165, 1.54) is 6.33 Å². The lowest BCUT2D eigenvalue weighted by molar-refractivity contribution is 0.00759. The fourth-order valence-electron chi connectivity index (χ4n) is 2.50. The highest BCUT2D eigenvalue weighted by Crippen LogP contribution is 2.33. The Morgan fingerprint density at radius 3 is 2.64 bits per heavy atom. The molecule has 1 aliphatic rings. The Morgan fingerprint density at radius 1 is 1.45 bits per heavy atom. The molecule has 22 heavy (non-hydrogen) atoms. The third-order valence-electron chi connectivity index (χ3n) is 3.65. The molecule has 0 saturated carbocycles. The summed E-state index contributed by atoms with van der Waals surface area (Å²) in [5.74, 6) is 0.0298. The summed E-state index contributed by atoms with van der Waals surface area (Å²) in [6, 6.07) is 0. The molecule has 6 nitrogen and oxygen atoms in total. The van der Waals surface area contributed by atoms with Crippen LogP contribution in [0.5, 0.6) is 0 Å². The fourth-order valence-corrected chi connectivity index (χ4v) is 2.71. The molecule has 0 radical (unpaired) electrons. The summed E-state index contributed by atoms with van der Waals surface area (Å²) >= 11 is 5.99. The van der Waals surface area contributed by atoms with Gasteiger partial charge in [0.25, 0.3) is 0 Å². The maximum Gasteiger partial charge on any atom is 0.410 e. The van der Waals surface area contributed by atoms with Gasteiger partial charge in [0.15, 0.2) is 0 Å². The van der Waals surface area contributed by atoms with E-state index in [0.29, 0.717) is 31.5 Å². The lowest BCUT2D eigenvalue weighted by Gasteiger charge is -2.35. The second kappa shape index (κ2) is 6.79. The summed E-state index contributed by atoms with van der Waals surface area (Å²) in [4.78, 5) is 21.5. The molecule has 0 spiro atoms. The second-order valence-electron chi connectivity index (χ2n) is 6.52. The van der Waals surface area contributed by atoms with Gasteiger partial charge in [-0.3, -0.25) is 0 Å². The summed E-state index contributed by atoms with van der Waals surface area (Å²) in [5, 5.41) is 10.7. The molecular weight excluding hydrogens is 306 g/mol. The predicted octanol–water partition coefficient (Wildman–Crippen LogP) is 2.81. The molecule has 2 rings (SSSR count). The number of aliphatic hydroxyl groups is 1. The summed E-state index contributed by atoms with van der Waals surface area (Å²) in [7, 11) is 0. The zero-order chi connectivity index (χ0) is 16.3. The highest BCUT2D eigenvalue weighted by Gasteiger charge is 2.31. The average molecular weight is 328 g/mol. The number of carbonyl (C=O) groups is 1. The molecule has 1 saturated heterocycles. The van der Waals surface area contributed by atoms with Gasteiger partial charge in [-0.15, -0.1) is 0 Å². The second-order valence-corrected chi connectivity index (χ2v) is 6.88. The van der Waals surface area contributed by atoms with Gasteiger partial charge in [-0.05, 0) is 39.5 Å². The third-order valence-corrected chi connectivity index (χ3v) is 3.96. The van der Waals surface area contributed by atoms with Crippen LogP contribution in [0, 0.1) is 5.92 Å². The fraction of sp³-hybridized carbons (Fsp3) is 0.667. The minimum Gasteiger partial charge on any atom is -0.444 e. The molecule has 1 fully saturated rings. The summed E-state index contributed by atoms with van der Waals surface area (Å²) in [6.45, 7) is 6.65. The number of carbonyl (C=O) groups excluding carboxylic acids is 1. The molecule has 1 aliphatic heterocycles. The Labute approximate surface area is 135 Å². The van der Waals surface area contributed by atoms with E-state index in [1.807, 2.05) is 20.8 Å². The molecule has 0 bridgehead atoms. The number of nitrogens with zero attached hydrogens (tertiary/aromatic N) is 3. The number of halogens is 1. The Bertz CT molecular complexity index is 525. The molecule has 1 amide bonds. The number of likely N-dealkylation sites (tertiary alicyclic amines) is 1. The van der Waals surface area contributed by atoms with Crippen molar-refractivity contribution in [2.24, 2.45) is 5.92 Å². The number of hydrogen-bond acceptors (Lipinski definition) is 5. The maximum atomic E-state index is 12.0. The van der Waals surface area contributed by atoms with Crippen LogP contribution in [-0.4, -0.2) is 44.8 Å². The van der Waals surface area contributed by atoms with E-state index >= 15 is 0 Å². The van der Waals surface area contributed by atoms with Crippen LogP contribution in [0.15, 0.2) is 12.5 Å². The topological polar surface area (TPSA) is 75.5 Å². The molecule has 1 N–H and O–H groups in total. The number of rotatable bonds is 2. The number of amides is 1. The quantitative estimate of drug-likeness (QED) is 0.845. The van der Waals surface area contributed by atoms with Crippen LogP contribution in [-0.2, 0) is 4.74 Å². The number of hydrogen-bond donors (Lipinski definition) is 1. The average Bonchev–Trinajstić information content (AvgIpc) is 2.45. The first-order valence-electron chi connectivity index (χ1n) is 7.39. The van der Waals surface area contributed by atoms with Gasteiger partial charge in [0.05, 0.1) is 6.10 Å². The van der Waals surface area contributed by atoms with Crippen molar-refractivity contribution in [1.82, 2.24) is 14.9 Å². The van der Waals surface area contributed by atoms with Gasteiger partial charge >= 0.3 is 6.09 Å². The van der Waals surface area contributed by atoms with E-state index in [0.717, 1.165) is 0 Å². The van der Waals surface area contributed by atoms with Crippen LogP contribution in [0.3, 0.4) is 0 Å². The largest absolute Gasteiger partial charge is 0.444 e. The molecule has 2 heterocycles. The molecule has 0 aliphatic carbocycles. The van der Waals surface area contributed by atoms with Crippen molar-refractivity contribution in [3.8, 4) is 0 Å². The van der Waals surface area contributed by atoms with Gasteiger partial charge in [-0.2, -0.15) is 0 Å². The van der Waals surface area contributed by atoms with Crippen molar-refractivity contribution >= 4 is 17.7 Å². The smallest absolute Gasteiger partial charge is 0.410 e. The molecule has 122 valence electrons. The SMILES string of the molecule is CC(C)(C)OC(=O)N1CCC(C(O)c2cncnc2Cl)CC1. The highest BCUT2D eigenvalue weighted by atomic mass is 35.5. The van der Waals surface area contributed by atoms with E-state index in [2.05, 4.69) is 9.97 Å². The summed E-state index contributed by atoms with van der Waals surface area (Å²) < 4.78 is 5.36. The summed E-state index contributed by atoms with van der Waals surface area (Å²) in [6.07, 6.45) is 3.25. The van der Waals surface area contributed by atoms with E-state index in [-0.39, 0.29) is 17.2 Å². The third kappa shape index (κ3) is 4.30. The summed E-state index contributed by atoms with van der Waals surface area (Å²) in [5.41, 5.74) is 0.0439. The van der Waals surface area contributed by atoms with Crippen molar-refractivity contribution in [1.29, 1.82) is 0 Å². The van der Waals surface area contributed by atoms with E-state index in [1.54, 1.807) is 11.1 Å². The van der Waals surface area contributed by atoms with Gasteiger partial charge in [0.1, 0.15) is 17.1 Å². The van der Waals surface area contributed by atoms with Crippen LogP contribution >= 0.6 is 11.6 Å². The highest BCUT2D eigenvalue weighted by molar-refractivity contribution is 6.30. The first-order valence-corrected chi connectivity index (χ1v) is 7.77.